The van der Waals surface area contributed by atoms with Gasteiger partial charge in [0.05, 0.1) is 7.11 Å². The summed E-state index contributed by atoms with van der Waals surface area (Å²) in [6.07, 6.45) is 0. The number of anilines is 2. The van der Waals surface area contributed by atoms with Crippen LogP contribution in [0.2, 0.25) is 0 Å². The normalized spacial score (nSPS) is 10.0. The van der Waals surface area contributed by atoms with Gasteiger partial charge >= 0.3 is 0 Å². The second-order valence-corrected chi connectivity index (χ2v) is 4.58. The highest BCUT2D eigenvalue weighted by atomic mass is 19.1. The lowest BCUT2D eigenvalue weighted by Gasteiger charge is -2.09. The van der Waals surface area contributed by atoms with Gasteiger partial charge < -0.3 is 15.4 Å². The van der Waals surface area contributed by atoms with E-state index in [1.54, 1.807) is 12.1 Å². The van der Waals surface area contributed by atoms with E-state index in [2.05, 4.69) is 10.6 Å². The summed E-state index contributed by atoms with van der Waals surface area (Å²) >= 11 is 0. The van der Waals surface area contributed by atoms with Crippen LogP contribution in [-0.4, -0.2) is 13.0 Å². The minimum absolute atomic E-state index is 0.0979. The Hall–Kier alpha value is -2.56. The second kappa shape index (κ2) is 6.74. The number of hydrogen-bond acceptors (Lipinski definition) is 3. The predicted octanol–water partition coefficient (Wildman–Crippen LogP) is 3.40. The molecule has 0 saturated heterocycles. The topological polar surface area (TPSA) is 50.4 Å². The number of nitrogens with one attached hydrogen (secondary N) is 2. The lowest BCUT2D eigenvalue weighted by atomic mass is 10.2. The Morgan fingerprint density at radius 2 is 1.81 bits per heavy atom. The van der Waals surface area contributed by atoms with Crippen LogP contribution in [0.25, 0.3) is 0 Å². The van der Waals surface area contributed by atoms with Crippen molar-refractivity contribution in [2.24, 2.45) is 0 Å². The molecule has 0 aliphatic rings. The molecule has 0 aromatic heterocycles. The van der Waals surface area contributed by atoms with Gasteiger partial charge in [-0.1, -0.05) is 12.1 Å². The minimum Gasteiger partial charge on any atom is -0.494 e. The zero-order chi connectivity index (χ0) is 15.2. The summed E-state index contributed by atoms with van der Waals surface area (Å²) < 4.78 is 18.2. The van der Waals surface area contributed by atoms with Crippen molar-refractivity contribution >= 4 is 17.3 Å². The van der Waals surface area contributed by atoms with E-state index in [0.29, 0.717) is 6.54 Å². The van der Waals surface area contributed by atoms with Crippen molar-refractivity contribution in [3.05, 3.63) is 53.8 Å². The van der Waals surface area contributed by atoms with Crippen molar-refractivity contribution < 1.29 is 13.9 Å². The molecule has 0 heterocycles. The minimum atomic E-state index is -0.386. The van der Waals surface area contributed by atoms with Crippen LogP contribution in [0.5, 0.6) is 5.75 Å². The van der Waals surface area contributed by atoms with Crippen LogP contribution < -0.4 is 15.4 Å². The Bertz CT molecular complexity index is 627. The van der Waals surface area contributed by atoms with Crippen molar-refractivity contribution in [3.63, 3.8) is 0 Å². The van der Waals surface area contributed by atoms with Gasteiger partial charge in [0.25, 0.3) is 0 Å². The van der Waals surface area contributed by atoms with Crippen LogP contribution in [0.4, 0.5) is 15.8 Å². The molecule has 5 heteroatoms. The first kappa shape index (κ1) is 14.8. The number of hydrogen-bond donors (Lipinski definition) is 2. The van der Waals surface area contributed by atoms with Gasteiger partial charge in [-0.3, -0.25) is 4.79 Å². The molecular weight excluding hydrogens is 271 g/mol. The highest BCUT2D eigenvalue weighted by Gasteiger charge is 2.03. The molecular formula is C16H17FN2O2. The lowest BCUT2D eigenvalue weighted by molar-refractivity contribution is -0.114. The Labute approximate surface area is 122 Å². The molecule has 0 aliphatic heterocycles. The van der Waals surface area contributed by atoms with E-state index in [0.717, 1.165) is 16.9 Å². The number of ether oxygens (including phenoxy) is 1. The first-order valence-electron chi connectivity index (χ1n) is 6.52. The van der Waals surface area contributed by atoms with Gasteiger partial charge in [-0.25, -0.2) is 4.39 Å². The number of carbonyl (C=O) groups is 1. The molecule has 0 aliphatic carbocycles. The fourth-order valence-electron chi connectivity index (χ4n) is 1.88. The monoisotopic (exact) mass is 288 g/mol. The molecule has 2 aromatic carbocycles. The second-order valence-electron chi connectivity index (χ2n) is 4.58. The number of methoxy groups -OCH3 is 1. The Morgan fingerprint density at radius 3 is 2.43 bits per heavy atom. The van der Waals surface area contributed by atoms with Crippen LogP contribution in [0, 0.1) is 5.82 Å². The van der Waals surface area contributed by atoms with Gasteiger partial charge in [0, 0.05) is 30.9 Å². The Balaban J connectivity index is 1.98. The summed E-state index contributed by atoms with van der Waals surface area (Å²) in [5.41, 5.74) is 2.58. The van der Waals surface area contributed by atoms with E-state index in [1.807, 2.05) is 24.3 Å². The highest BCUT2D eigenvalue weighted by Crippen LogP contribution is 2.22. The molecule has 0 spiro atoms. The van der Waals surface area contributed by atoms with Gasteiger partial charge in [0.15, 0.2) is 11.6 Å². The third-order valence-corrected chi connectivity index (χ3v) is 2.92. The Kier molecular flexibility index (Phi) is 4.77. The first-order chi connectivity index (χ1) is 10.1. The van der Waals surface area contributed by atoms with Gasteiger partial charge in [0.2, 0.25) is 5.91 Å². The summed E-state index contributed by atoms with van der Waals surface area (Å²) in [6, 6.07) is 12.1. The van der Waals surface area contributed by atoms with Crippen molar-refractivity contribution in [1.29, 1.82) is 0 Å². The molecule has 110 valence electrons. The molecule has 4 nitrogen and oxygen atoms in total. The molecule has 0 saturated carbocycles. The third-order valence-electron chi connectivity index (χ3n) is 2.92. The van der Waals surface area contributed by atoms with Crippen LogP contribution >= 0.6 is 0 Å². The summed E-state index contributed by atoms with van der Waals surface area (Å²) in [4.78, 5) is 10.9. The average Bonchev–Trinajstić information content (AvgIpc) is 2.47. The van der Waals surface area contributed by atoms with Gasteiger partial charge in [-0.05, 0) is 29.8 Å². The largest absolute Gasteiger partial charge is 0.494 e. The maximum Gasteiger partial charge on any atom is 0.221 e. The average molecular weight is 288 g/mol. The molecule has 0 radical (unpaired) electrons. The van der Waals surface area contributed by atoms with Gasteiger partial charge in [0.1, 0.15) is 0 Å². The number of rotatable bonds is 5. The summed E-state index contributed by atoms with van der Waals surface area (Å²) in [7, 11) is 1.43. The predicted molar refractivity (Wildman–Crippen MR) is 81.0 cm³/mol. The van der Waals surface area contributed by atoms with Crippen LogP contribution in [0.15, 0.2) is 42.5 Å². The third kappa shape index (κ3) is 4.21. The van der Waals surface area contributed by atoms with Crippen molar-refractivity contribution in [1.82, 2.24) is 0 Å². The fourth-order valence-corrected chi connectivity index (χ4v) is 1.88. The number of benzene rings is 2. The van der Waals surface area contributed by atoms with Crippen LogP contribution in [-0.2, 0) is 11.3 Å². The van der Waals surface area contributed by atoms with Crippen LogP contribution in [0.3, 0.4) is 0 Å². The maximum absolute atomic E-state index is 13.3. The van der Waals surface area contributed by atoms with Gasteiger partial charge in [-0.2, -0.15) is 0 Å². The van der Waals surface area contributed by atoms with Gasteiger partial charge in [-0.15, -0.1) is 0 Å². The highest BCUT2D eigenvalue weighted by molar-refractivity contribution is 5.88. The van der Waals surface area contributed by atoms with E-state index in [9.17, 15) is 9.18 Å². The molecule has 0 unspecified atom stereocenters. The summed E-state index contributed by atoms with van der Waals surface area (Å²) in [5, 5.41) is 5.90. The van der Waals surface area contributed by atoms with Crippen molar-refractivity contribution in [3.8, 4) is 5.75 Å². The van der Waals surface area contributed by atoms with E-state index < -0.39 is 0 Å². The standard InChI is InChI=1S/C16H17FN2O2/c1-11(20)19-13-5-3-12(4-6-13)10-18-14-7-8-15(17)16(9-14)21-2/h3-9,18H,10H2,1-2H3,(H,19,20). The summed E-state index contributed by atoms with van der Waals surface area (Å²) in [6.45, 7) is 2.06. The van der Waals surface area contributed by atoms with Crippen LogP contribution in [0.1, 0.15) is 12.5 Å². The smallest absolute Gasteiger partial charge is 0.221 e. The Morgan fingerprint density at radius 1 is 1.14 bits per heavy atom. The molecule has 0 atom stereocenters. The molecule has 2 aromatic rings. The number of amides is 1. The summed E-state index contributed by atoms with van der Waals surface area (Å²) in [5.74, 6) is -0.275. The molecule has 2 N–H and O–H groups in total. The molecule has 1 amide bonds. The molecule has 0 fully saturated rings. The lowest BCUT2D eigenvalue weighted by Crippen LogP contribution is -2.06. The fraction of sp³-hybridized carbons (Fsp3) is 0.188. The van der Waals surface area contributed by atoms with E-state index in [1.165, 1.54) is 20.1 Å². The number of carbonyl (C=O) groups excluding carboxylic acids is 1. The SMILES string of the molecule is COc1cc(NCc2ccc(NC(C)=O)cc2)ccc1F. The number of halogens is 1. The van der Waals surface area contributed by atoms with E-state index in [-0.39, 0.29) is 17.5 Å². The van der Waals surface area contributed by atoms with E-state index >= 15 is 0 Å². The zero-order valence-corrected chi connectivity index (χ0v) is 11.9. The zero-order valence-electron chi connectivity index (χ0n) is 11.9. The van der Waals surface area contributed by atoms with Crippen molar-refractivity contribution in [2.45, 2.75) is 13.5 Å². The first-order valence-corrected chi connectivity index (χ1v) is 6.52. The van der Waals surface area contributed by atoms with Crippen molar-refractivity contribution in [2.75, 3.05) is 17.7 Å². The molecule has 0 bridgehead atoms. The van der Waals surface area contributed by atoms with E-state index in [4.69, 9.17) is 4.74 Å². The molecule has 21 heavy (non-hydrogen) atoms. The maximum atomic E-state index is 13.3. The quantitative estimate of drug-likeness (QED) is 0.886. The molecule has 2 rings (SSSR count).